The molecule has 1 heterocycles. The average Bonchev–Trinajstić information content (AvgIpc) is 3.11. The van der Waals surface area contributed by atoms with E-state index in [1.807, 2.05) is 32.3 Å². The van der Waals surface area contributed by atoms with Gasteiger partial charge in [0.2, 0.25) is 10.0 Å². The van der Waals surface area contributed by atoms with Crippen molar-refractivity contribution in [2.45, 2.75) is 52.0 Å². The second kappa shape index (κ2) is 10.5. The Balaban J connectivity index is 1.97. The van der Waals surface area contributed by atoms with Crippen LogP contribution in [-0.4, -0.2) is 36.3 Å². The first-order valence-electron chi connectivity index (χ1n) is 11.0. The van der Waals surface area contributed by atoms with Gasteiger partial charge in [0.25, 0.3) is 5.91 Å². The summed E-state index contributed by atoms with van der Waals surface area (Å²) in [6.07, 6.45) is 7.29. The lowest BCUT2D eigenvalue weighted by Gasteiger charge is -2.20. The quantitative estimate of drug-likeness (QED) is 0.443. The van der Waals surface area contributed by atoms with Crippen LogP contribution in [-0.2, 0) is 16.6 Å². The highest BCUT2D eigenvalue weighted by atomic mass is 32.2. The number of aromatic nitrogens is 1. The third-order valence-electron chi connectivity index (χ3n) is 5.41. The number of sulfonamides is 1. The monoisotopic (exact) mass is 483 g/mol. The Kier molecular flexibility index (Phi) is 7.90. The van der Waals surface area contributed by atoms with Crippen molar-refractivity contribution in [1.82, 2.24) is 8.87 Å². The van der Waals surface area contributed by atoms with Gasteiger partial charge in [0.05, 0.1) is 21.7 Å². The molecule has 174 valence electrons. The van der Waals surface area contributed by atoms with Crippen LogP contribution < -0.4 is 4.80 Å². The van der Waals surface area contributed by atoms with Crippen molar-refractivity contribution in [3.63, 3.8) is 0 Å². The van der Waals surface area contributed by atoms with Crippen LogP contribution >= 0.6 is 11.3 Å². The first-order valence-corrected chi connectivity index (χ1v) is 13.2. The number of terminal acetylenes is 1. The average molecular weight is 484 g/mol. The normalized spacial score (nSPS) is 12.4. The van der Waals surface area contributed by atoms with Crippen molar-refractivity contribution in [1.29, 1.82) is 0 Å². The van der Waals surface area contributed by atoms with E-state index >= 15 is 0 Å². The van der Waals surface area contributed by atoms with E-state index in [-0.39, 0.29) is 4.90 Å². The number of unbranched alkanes of at least 4 members (excludes halogenated alkanes) is 1. The fraction of sp³-hybridized carbons (Fsp3) is 0.360. The van der Waals surface area contributed by atoms with Crippen LogP contribution in [0, 0.1) is 26.2 Å². The first-order chi connectivity index (χ1) is 15.7. The Morgan fingerprint density at radius 3 is 2.48 bits per heavy atom. The largest absolute Gasteiger partial charge is 0.304 e. The van der Waals surface area contributed by atoms with E-state index < -0.39 is 15.9 Å². The zero-order chi connectivity index (χ0) is 24.2. The molecule has 3 aromatic rings. The Morgan fingerprint density at radius 1 is 1.18 bits per heavy atom. The fourth-order valence-electron chi connectivity index (χ4n) is 3.77. The van der Waals surface area contributed by atoms with Gasteiger partial charge in [0, 0.05) is 18.7 Å². The van der Waals surface area contributed by atoms with E-state index in [9.17, 15) is 13.2 Å². The van der Waals surface area contributed by atoms with Crippen molar-refractivity contribution in [2.75, 3.05) is 13.1 Å². The molecule has 0 aliphatic carbocycles. The van der Waals surface area contributed by atoms with Crippen LogP contribution in [0.2, 0.25) is 0 Å². The van der Waals surface area contributed by atoms with E-state index in [0.29, 0.717) is 30.0 Å². The summed E-state index contributed by atoms with van der Waals surface area (Å²) in [5.41, 5.74) is 3.50. The summed E-state index contributed by atoms with van der Waals surface area (Å²) in [6.45, 7) is 9.07. The Hall–Kier alpha value is -2.73. The van der Waals surface area contributed by atoms with Gasteiger partial charge in [-0.15, -0.1) is 6.42 Å². The summed E-state index contributed by atoms with van der Waals surface area (Å²) in [5.74, 6) is 2.20. The maximum absolute atomic E-state index is 12.9. The summed E-state index contributed by atoms with van der Waals surface area (Å²) in [6, 6.07) is 10.1. The Labute approximate surface area is 199 Å². The highest BCUT2D eigenvalue weighted by Crippen LogP contribution is 2.23. The van der Waals surface area contributed by atoms with E-state index in [4.69, 9.17) is 6.42 Å². The molecule has 1 amide bonds. The standard InChI is InChI=1S/C25H29N3O3S2/c1-6-9-15-27(8-3)33(30,31)21-12-10-20(11-13-21)24(29)26-25-28(14-7-2)23-19(5)16-18(4)17-22(23)32-25/h2,10-13,16-17H,6,8-9,14-15H2,1,3-5H3. The molecular formula is C25H29N3O3S2. The molecule has 0 atom stereocenters. The van der Waals surface area contributed by atoms with Crippen LogP contribution in [0.3, 0.4) is 0 Å². The first kappa shape index (κ1) is 24.9. The third kappa shape index (κ3) is 5.27. The second-order valence-corrected chi connectivity index (χ2v) is 10.8. The molecule has 1 aromatic heterocycles. The topological polar surface area (TPSA) is 71.7 Å². The maximum atomic E-state index is 12.9. The highest BCUT2D eigenvalue weighted by Gasteiger charge is 2.22. The van der Waals surface area contributed by atoms with Gasteiger partial charge in [-0.05, 0) is 61.7 Å². The summed E-state index contributed by atoms with van der Waals surface area (Å²) in [4.78, 5) is 17.9. The van der Waals surface area contributed by atoms with E-state index in [1.54, 1.807) is 0 Å². The van der Waals surface area contributed by atoms with Crippen molar-refractivity contribution < 1.29 is 13.2 Å². The van der Waals surface area contributed by atoms with Gasteiger partial charge in [0.1, 0.15) is 0 Å². The molecule has 0 aliphatic heterocycles. The number of hydrogen-bond acceptors (Lipinski definition) is 4. The number of thiazole rings is 1. The molecule has 0 saturated heterocycles. The van der Waals surface area contributed by atoms with Crippen molar-refractivity contribution in [3.05, 3.63) is 57.9 Å². The molecule has 0 radical (unpaired) electrons. The Bertz CT molecular complexity index is 1380. The lowest BCUT2D eigenvalue weighted by atomic mass is 10.1. The molecule has 3 rings (SSSR count). The predicted molar refractivity (Wildman–Crippen MR) is 134 cm³/mol. The minimum Gasteiger partial charge on any atom is -0.304 e. The number of carbonyl (C=O) groups excluding carboxylic acids is 1. The summed E-state index contributed by atoms with van der Waals surface area (Å²) < 4.78 is 30.2. The van der Waals surface area contributed by atoms with E-state index in [2.05, 4.69) is 23.0 Å². The van der Waals surface area contributed by atoms with Crippen LogP contribution in [0.1, 0.15) is 48.2 Å². The molecule has 0 bridgehead atoms. The molecule has 2 aromatic carbocycles. The lowest BCUT2D eigenvalue weighted by molar-refractivity contribution is 0.0998. The zero-order valence-electron chi connectivity index (χ0n) is 19.5. The van der Waals surface area contributed by atoms with E-state index in [0.717, 1.165) is 34.2 Å². The molecule has 8 heteroatoms. The maximum Gasteiger partial charge on any atom is 0.279 e. The number of nitrogens with zero attached hydrogens (tertiary/aromatic N) is 3. The molecule has 0 saturated carbocycles. The van der Waals surface area contributed by atoms with Gasteiger partial charge in [-0.1, -0.05) is 43.6 Å². The van der Waals surface area contributed by atoms with Gasteiger partial charge < -0.3 is 4.57 Å². The Morgan fingerprint density at radius 2 is 1.88 bits per heavy atom. The van der Waals surface area contributed by atoms with Gasteiger partial charge in [0.15, 0.2) is 4.80 Å². The molecule has 6 nitrogen and oxygen atoms in total. The van der Waals surface area contributed by atoms with Crippen molar-refractivity contribution in [2.24, 2.45) is 4.99 Å². The number of rotatable bonds is 8. The molecule has 33 heavy (non-hydrogen) atoms. The smallest absolute Gasteiger partial charge is 0.279 e. The fourth-order valence-corrected chi connectivity index (χ4v) is 6.46. The van der Waals surface area contributed by atoms with Crippen LogP contribution in [0.5, 0.6) is 0 Å². The van der Waals surface area contributed by atoms with E-state index in [1.165, 1.54) is 39.9 Å². The number of aryl methyl sites for hydroxylation is 2. The van der Waals surface area contributed by atoms with Gasteiger partial charge in [-0.2, -0.15) is 9.30 Å². The molecule has 0 fully saturated rings. The number of benzene rings is 2. The summed E-state index contributed by atoms with van der Waals surface area (Å²) in [7, 11) is -3.60. The zero-order valence-corrected chi connectivity index (χ0v) is 21.1. The van der Waals surface area contributed by atoms with Crippen LogP contribution in [0.4, 0.5) is 0 Å². The van der Waals surface area contributed by atoms with Gasteiger partial charge in [-0.3, -0.25) is 4.79 Å². The van der Waals surface area contributed by atoms with Gasteiger partial charge >= 0.3 is 0 Å². The highest BCUT2D eigenvalue weighted by molar-refractivity contribution is 7.89. The summed E-state index contributed by atoms with van der Waals surface area (Å²) in [5, 5.41) is 0. The number of amides is 1. The number of fused-ring (bicyclic) bond motifs is 1. The molecule has 0 spiro atoms. The minimum atomic E-state index is -3.60. The number of carbonyl (C=O) groups is 1. The van der Waals surface area contributed by atoms with Crippen LogP contribution in [0.15, 0.2) is 46.3 Å². The third-order valence-corrected chi connectivity index (χ3v) is 8.43. The minimum absolute atomic E-state index is 0.173. The summed E-state index contributed by atoms with van der Waals surface area (Å²) >= 11 is 1.41. The molecule has 0 aliphatic rings. The SMILES string of the molecule is C#CCn1c(=NC(=O)c2ccc(S(=O)(=O)N(CC)CCCC)cc2)sc2cc(C)cc(C)c21. The molecule has 0 N–H and O–H groups in total. The number of hydrogen-bond donors (Lipinski definition) is 0. The van der Waals surface area contributed by atoms with Gasteiger partial charge in [-0.25, -0.2) is 8.42 Å². The predicted octanol–water partition coefficient (Wildman–Crippen LogP) is 4.50. The molecule has 0 unspecified atom stereocenters. The second-order valence-electron chi connectivity index (χ2n) is 7.90. The molecular weight excluding hydrogens is 454 g/mol. The lowest BCUT2D eigenvalue weighted by Crippen LogP contribution is -2.31. The van der Waals surface area contributed by atoms with Crippen molar-refractivity contribution >= 4 is 37.5 Å². The van der Waals surface area contributed by atoms with Crippen molar-refractivity contribution in [3.8, 4) is 12.3 Å². The van der Waals surface area contributed by atoms with Crippen LogP contribution in [0.25, 0.3) is 10.2 Å².